The molecule has 3 rings (SSSR count). The van der Waals surface area contributed by atoms with Crippen molar-refractivity contribution in [3.8, 4) is 11.1 Å². The maximum Gasteiger partial charge on any atom is 0.150 e. The lowest BCUT2D eigenvalue weighted by molar-refractivity contribution is 0.112. The second-order valence-electron chi connectivity index (χ2n) is 5.86. The molecule has 0 bridgehead atoms. The van der Waals surface area contributed by atoms with Crippen molar-refractivity contribution in [2.24, 2.45) is 0 Å². The molecule has 26 heavy (non-hydrogen) atoms. The molecule has 0 atom stereocenters. The van der Waals surface area contributed by atoms with Crippen LogP contribution in [0.3, 0.4) is 0 Å². The number of carbonyl (C=O) groups is 1. The molecule has 2 N–H and O–H groups in total. The summed E-state index contributed by atoms with van der Waals surface area (Å²) in [7, 11) is 1.88. The number of carbonyl (C=O) groups excluding carboxylic acids is 1. The molecule has 0 aliphatic carbocycles. The lowest BCUT2D eigenvalue weighted by Crippen LogP contribution is -2.07. The molecular weight excluding hydrogens is 342 g/mol. The summed E-state index contributed by atoms with van der Waals surface area (Å²) in [6.07, 6.45) is 4.52. The second kappa shape index (κ2) is 9.29. The standard InChI is InChI=1S/C21H21N3OS/c1-22-14-19-3-2-18(12-20(19)15-25)17-4-6-21(7-5-17)26-24-13-16-8-10-23-11-9-16/h2-12,15,22,24H,13-14H2,1H3. The molecule has 0 amide bonds. The van der Waals surface area contributed by atoms with Gasteiger partial charge in [-0.25, -0.2) is 0 Å². The number of hydrogen-bond donors (Lipinski definition) is 2. The zero-order chi connectivity index (χ0) is 18.2. The van der Waals surface area contributed by atoms with Crippen LogP contribution >= 0.6 is 11.9 Å². The smallest absolute Gasteiger partial charge is 0.150 e. The van der Waals surface area contributed by atoms with E-state index in [1.165, 1.54) is 5.56 Å². The summed E-state index contributed by atoms with van der Waals surface area (Å²) in [5, 5.41) is 3.08. The monoisotopic (exact) mass is 363 g/mol. The van der Waals surface area contributed by atoms with Crippen LogP contribution in [-0.2, 0) is 13.1 Å². The zero-order valence-corrected chi connectivity index (χ0v) is 15.4. The first-order valence-electron chi connectivity index (χ1n) is 8.42. The van der Waals surface area contributed by atoms with Gasteiger partial charge in [0.05, 0.1) is 0 Å². The lowest BCUT2D eigenvalue weighted by atomic mass is 10.00. The summed E-state index contributed by atoms with van der Waals surface area (Å²) in [6, 6.07) is 18.3. The molecule has 0 saturated heterocycles. The Morgan fingerprint density at radius 1 is 0.962 bits per heavy atom. The van der Waals surface area contributed by atoms with Crippen molar-refractivity contribution in [2.45, 2.75) is 18.0 Å². The quantitative estimate of drug-likeness (QED) is 0.467. The SMILES string of the molecule is CNCc1ccc(-c2ccc(SNCc3ccncc3)cc2)cc1C=O. The van der Waals surface area contributed by atoms with Gasteiger partial charge < -0.3 is 5.32 Å². The number of aromatic nitrogens is 1. The summed E-state index contributed by atoms with van der Waals surface area (Å²) in [5.74, 6) is 0. The fraction of sp³-hybridized carbons (Fsp3) is 0.143. The summed E-state index contributed by atoms with van der Waals surface area (Å²) >= 11 is 1.60. The normalized spacial score (nSPS) is 10.7. The van der Waals surface area contributed by atoms with Gasteiger partial charge in [0.2, 0.25) is 0 Å². The molecule has 3 aromatic rings. The van der Waals surface area contributed by atoms with Crippen molar-refractivity contribution >= 4 is 18.2 Å². The lowest BCUT2D eigenvalue weighted by Gasteiger charge is -2.09. The van der Waals surface area contributed by atoms with Crippen LogP contribution in [0.2, 0.25) is 0 Å². The Morgan fingerprint density at radius 3 is 2.38 bits per heavy atom. The van der Waals surface area contributed by atoms with E-state index in [-0.39, 0.29) is 0 Å². The van der Waals surface area contributed by atoms with Crippen LogP contribution in [0.15, 0.2) is 71.9 Å². The molecule has 2 aromatic carbocycles. The fourth-order valence-corrected chi connectivity index (χ4v) is 3.33. The van der Waals surface area contributed by atoms with Gasteiger partial charge in [-0.3, -0.25) is 14.5 Å². The van der Waals surface area contributed by atoms with E-state index in [0.717, 1.165) is 40.0 Å². The second-order valence-corrected chi connectivity index (χ2v) is 6.83. The highest BCUT2D eigenvalue weighted by atomic mass is 32.2. The molecule has 1 aromatic heterocycles. The van der Waals surface area contributed by atoms with Gasteiger partial charge in [0.15, 0.2) is 0 Å². The third kappa shape index (κ3) is 4.79. The van der Waals surface area contributed by atoms with Gasteiger partial charge >= 0.3 is 0 Å². The zero-order valence-electron chi connectivity index (χ0n) is 14.6. The maximum atomic E-state index is 11.3. The van der Waals surface area contributed by atoms with Gasteiger partial charge in [-0.1, -0.05) is 24.3 Å². The largest absolute Gasteiger partial charge is 0.316 e. The van der Waals surface area contributed by atoms with E-state index < -0.39 is 0 Å². The van der Waals surface area contributed by atoms with Crippen LogP contribution in [0.4, 0.5) is 0 Å². The average molecular weight is 363 g/mol. The van der Waals surface area contributed by atoms with Crippen molar-refractivity contribution in [1.29, 1.82) is 0 Å². The molecule has 1 heterocycles. The molecule has 0 fully saturated rings. The molecule has 0 unspecified atom stereocenters. The number of hydrogen-bond acceptors (Lipinski definition) is 5. The van der Waals surface area contributed by atoms with Gasteiger partial charge in [0.1, 0.15) is 6.29 Å². The van der Waals surface area contributed by atoms with Gasteiger partial charge in [-0.15, -0.1) is 0 Å². The van der Waals surface area contributed by atoms with E-state index in [0.29, 0.717) is 6.54 Å². The number of rotatable bonds is 8. The van der Waals surface area contributed by atoms with Crippen LogP contribution in [0.5, 0.6) is 0 Å². The first kappa shape index (κ1) is 18.3. The van der Waals surface area contributed by atoms with Crippen LogP contribution in [0.25, 0.3) is 11.1 Å². The Morgan fingerprint density at radius 2 is 1.69 bits per heavy atom. The highest BCUT2D eigenvalue weighted by Gasteiger charge is 2.05. The van der Waals surface area contributed by atoms with Crippen molar-refractivity contribution in [3.63, 3.8) is 0 Å². The van der Waals surface area contributed by atoms with Crippen LogP contribution in [0.1, 0.15) is 21.5 Å². The molecule has 132 valence electrons. The summed E-state index contributed by atoms with van der Waals surface area (Å²) in [6.45, 7) is 1.47. The first-order chi connectivity index (χ1) is 12.8. The molecule has 0 aliphatic heterocycles. The van der Waals surface area contributed by atoms with E-state index in [1.54, 1.807) is 24.3 Å². The number of nitrogens with zero attached hydrogens (tertiary/aromatic N) is 1. The Labute approximate surface area is 158 Å². The first-order valence-corrected chi connectivity index (χ1v) is 9.23. The Balaban J connectivity index is 1.64. The molecule has 0 aliphatic rings. The molecule has 4 nitrogen and oxygen atoms in total. The fourth-order valence-electron chi connectivity index (χ4n) is 2.65. The van der Waals surface area contributed by atoms with Crippen molar-refractivity contribution in [2.75, 3.05) is 7.05 Å². The number of benzene rings is 2. The highest BCUT2D eigenvalue weighted by Crippen LogP contribution is 2.25. The topological polar surface area (TPSA) is 54.0 Å². The average Bonchev–Trinajstić information content (AvgIpc) is 2.70. The molecule has 0 radical (unpaired) electrons. The minimum Gasteiger partial charge on any atom is -0.316 e. The summed E-state index contributed by atoms with van der Waals surface area (Å²) < 4.78 is 3.35. The van der Waals surface area contributed by atoms with Crippen LogP contribution in [0, 0.1) is 0 Å². The third-order valence-corrected chi connectivity index (χ3v) is 4.84. The minimum absolute atomic E-state index is 0.688. The van der Waals surface area contributed by atoms with Crippen LogP contribution in [-0.4, -0.2) is 18.3 Å². The van der Waals surface area contributed by atoms with Gasteiger partial charge in [-0.05, 0) is 71.6 Å². The van der Waals surface area contributed by atoms with Crippen LogP contribution < -0.4 is 10.0 Å². The molecule has 5 heteroatoms. The van der Waals surface area contributed by atoms with Gasteiger partial charge in [-0.2, -0.15) is 0 Å². The molecular formula is C21H21N3OS. The summed E-state index contributed by atoms with van der Waals surface area (Å²) in [4.78, 5) is 16.5. The number of pyridine rings is 1. The van der Waals surface area contributed by atoms with E-state index in [2.05, 4.69) is 45.4 Å². The molecule has 0 saturated carbocycles. The molecule has 0 spiro atoms. The van der Waals surface area contributed by atoms with E-state index in [4.69, 9.17) is 0 Å². The maximum absolute atomic E-state index is 11.3. The van der Waals surface area contributed by atoms with Crippen molar-refractivity contribution in [3.05, 3.63) is 83.7 Å². The van der Waals surface area contributed by atoms with E-state index in [9.17, 15) is 4.79 Å². The Hall–Kier alpha value is -2.47. The predicted octanol–water partition coefficient (Wildman–Crippen LogP) is 4.08. The minimum atomic E-state index is 0.688. The van der Waals surface area contributed by atoms with E-state index in [1.807, 2.05) is 31.3 Å². The van der Waals surface area contributed by atoms with Crippen molar-refractivity contribution < 1.29 is 4.79 Å². The summed E-state index contributed by atoms with van der Waals surface area (Å²) in [5.41, 5.74) is 5.09. The Bertz CT molecular complexity index is 851. The Kier molecular flexibility index (Phi) is 6.55. The predicted molar refractivity (Wildman–Crippen MR) is 107 cm³/mol. The highest BCUT2D eigenvalue weighted by molar-refractivity contribution is 7.97. The van der Waals surface area contributed by atoms with Gasteiger partial charge in [0.25, 0.3) is 0 Å². The number of aldehydes is 1. The third-order valence-electron chi connectivity index (χ3n) is 4.04. The van der Waals surface area contributed by atoms with Gasteiger partial charge in [0, 0.05) is 35.9 Å². The van der Waals surface area contributed by atoms with E-state index >= 15 is 0 Å². The number of nitrogens with one attached hydrogen (secondary N) is 2. The van der Waals surface area contributed by atoms with Crippen molar-refractivity contribution in [1.82, 2.24) is 15.0 Å².